The highest BCUT2D eigenvalue weighted by atomic mass is 19.4. The Morgan fingerprint density at radius 3 is 2.50 bits per heavy atom. The van der Waals surface area contributed by atoms with Crippen LogP contribution in [0.1, 0.15) is 12.5 Å². The van der Waals surface area contributed by atoms with Crippen LogP contribution in [0.4, 0.5) is 32.4 Å². The number of amides is 1. The van der Waals surface area contributed by atoms with Crippen molar-refractivity contribution < 1.29 is 31.5 Å². The molecule has 0 aliphatic carbocycles. The van der Waals surface area contributed by atoms with Gasteiger partial charge in [-0.1, -0.05) is 0 Å². The minimum atomic E-state index is -5.24. The molecule has 1 amide bonds. The lowest BCUT2D eigenvalue weighted by Crippen LogP contribution is -2.50. The van der Waals surface area contributed by atoms with E-state index in [0.717, 1.165) is 13.0 Å². The fourth-order valence-electron chi connectivity index (χ4n) is 1.86. The minimum Gasteiger partial charge on any atom is -0.415 e. The van der Waals surface area contributed by atoms with Crippen LogP contribution < -0.4 is 5.32 Å². The molecule has 3 nitrogen and oxygen atoms in total. The second kappa shape index (κ2) is 4.37. The number of hydrogen-bond donors (Lipinski definition) is 1. The lowest BCUT2D eigenvalue weighted by Gasteiger charge is -2.35. The van der Waals surface area contributed by atoms with E-state index in [2.05, 4.69) is 4.74 Å². The van der Waals surface area contributed by atoms with Gasteiger partial charge in [-0.15, -0.1) is 5.92 Å². The molecule has 1 aliphatic rings. The van der Waals surface area contributed by atoms with E-state index < -0.39 is 40.8 Å². The molecule has 1 aromatic rings. The first-order chi connectivity index (χ1) is 9.23. The van der Waals surface area contributed by atoms with Gasteiger partial charge in [0.05, 0.1) is 11.3 Å². The number of nitrogens with one attached hydrogen (secondary N) is 1. The lowest BCUT2D eigenvalue weighted by molar-refractivity contribution is -0.240. The molecule has 1 N–H and O–H groups in total. The van der Waals surface area contributed by atoms with Crippen LogP contribution in [0.25, 0.3) is 0 Å². The third-order valence-electron chi connectivity index (χ3n) is 2.63. The third-order valence-corrected chi connectivity index (χ3v) is 2.63. The molecule has 1 atom stereocenters. The number of carbonyl (C=O) groups excluding carboxylic acids is 1. The van der Waals surface area contributed by atoms with Gasteiger partial charge in [-0.3, -0.25) is 5.32 Å². The fourth-order valence-corrected chi connectivity index (χ4v) is 1.86. The summed E-state index contributed by atoms with van der Waals surface area (Å²) in [6, 6.07) is 1.41. The van der Waals surface area contributed by atoms with E-state index in [1.54, 1.807) is 5.92 Å². The summed E-state index contributed by atoms with van der Waals surface area (Å²) in [4.78, 5) is 11.2. The first kappa shape index (κ1) is 14.1. The first-order valence-electron chi connectivity index (χ1n) is 5.22. The van der Waals surface area contributed by atoms with Crippen LogP contribution in [0.2, 0.25) is 0 Å². The Bertz CT molecular complexity index is 644. The van der Waals surface area contributed by atoms with Gasteiger partial charge in [0.1, 0.15) is 0 Å². The van der Waals surface area contributed by atoms with E-state index in [0.29, 0.717) is 6.07 Å². The van der Waals surface area contributed by atoms with E-state index in [1.807, 2.05) is 11.2 Å². The molecular weight excluding hydrogens is 285 g/mol. The second-order valence-electron chi connectivity index (χ2n) is 3.85. The Hall–Kier alpha value is -2.30. The second-order valence-corrected chi connectivity index (χ2v) is 3.85. The quantitative estimate of drug-likeness (QED) is 0.588. The summed E-state index contributed by atoms with van der Waals surface area (Å²) in [5.74, 6) is 0.277. The van der Waals surface area contributed by atoms with Crippen LogP contribution in [-0.2, 0) is 10.3 Å². The highest BCUT2D eigenvalue weighted by Crippen LogP contribution is 2.48. The number of carbonyl (C=O) groups is 1. The Balaban J connectivity index is 2.87. The molecule has 20 heavy (non-hydrogen) atoms. The van der Waals surface area contributed by atoms with E-state index in [9.17, 15) is 26.7 Å². The molecule has 0 bridgehead atoms. The zero-order valence-corrected chi connectivity index (χ0v) is 9.86. The monoisotopic (exact) mass is 291 g/mol. The number of benzene rings is 1. The van der Waals surface area contributed by atoms with Gasteiger partial charge in [0.25, 0.3) is 5.60 Å². The van der Waals surface area contributed by atoms with Crippen LogP contribution in [0.3, 0.4) is 0 Å². The summed E-state index contributed by atoms with van der Waals surface area (Å²) in [5, 5.41) is 1.88. The van der Waals surface area contributed by atoms with Gasteiger partial charge in [-0.05, 0) is 25.0 Å². The molecule has 0 fully saturated rings. The summed E-state index contributed by atoms with van der Waals surface area (Å²) < 4.78 is 70.9. The fraction of sp³-hybridized carbons (Fsp3) is 0.250. The van der Waals surface area contributed by atoms with Gasteiger partial charge in [0.15, 0.2) is 11.6 Å². The predicted octanol–water partition coefficient (Wildman–Crippen LogP) is 3.31. The van der Waals surface area contributed by atoms with Crippen molar-refractivity contribution in [1.29, 1.82) is 0 Å². The number of hydrogen-bond acceptors (Lipinski definition) is 2. The highest BCUT2D eigenvalue weighted by molar-refractivity contribution is 5.89. The molecule has 0 aromatic heterocycles. The van der Waals surface area contributed by atoms with E-state index in [1.165, 1.54) is 0 Å². The van der Waals surface area contributed by atoms with Crippen LogP contribution in [0.5, 0.6) is 0 Å². The predicted molar refractivity (Wildman–Crippen MR) is 57.6 cm³/mol. The summed E-state index contributed by atoms with van der Waals surface area (Å²) in [7, 11) is 0. The average Bonchev–Trinajstić information content (AvgIpc) is 2.32. The molecule has 106 valence electrons. The van der Waals surface area contributed by atoms with Crippen LogP contribution in [0.15, 0.2) is 12.1 Å². The maximum atomic E-state index is 13.8. The molecule has 1 heterocycles. The SMILES string of the molecule is CC#CC1(C(F)(F)F)OC(=O)Nc2ccc(F)c(F)c21. The van der Waals surface area contributed by atoms with Crippen molar-refractivity contribution in [3.63, 3.8) is 0 Å². The van der Waals surface area contributed by atoms with Crippen molar-refractivity contribution >= 4 is 11.8 Å². The van der Waals surface area contributed by atoms with Crippen molar-refractivity contribution in [2.75, 3.05) is 5.32 Å². The molecular formula is C12H6F5NO2. The molecule has 1 unspecified atom stereocenters. The van der Waals surface area contributed by atoms with E-state index in [4.69, 9.17) is 0 Å². The maximum absolute atomic E-state index is 13.8. The smallest absolute Gasteiger partial charge is 0.415 e. The normalized spacial score (nSPS) is 21.2. The van der Waals surface area contributed by atoms with Gasteiger partial charge < -0.3 is 4.74 Å². The molecule has 0 radical (unpaired) electrons. The van der Waals surface area contributed by atoms with Crippen LogP contribution in [0, 0.1) is 23.5 Å². The molecule has 0 spiro atoms. The van der Waals surface area contributed by atoms with Gasteiger partial charge in [0.2, 0.25) is 0 Å². The zero-order chi connectivity index (χ0) is 15.1. The van der Waals surface area contributed by atoms with Crippen molar-refractivity contribution in [2.24, 2.45) is 0 Å². The van der Waals surface area contributed by atoms with Crippen molar-refractivity contribution in [1.82, 2.24) is 0 Å². The van der Waals surface area contributed by atoms with Gasteiger partial charge in [0, 0.05) is 0 Å². The van der Waals surface area contributed by atoms with E-state index in [-0.39, 0.29) is 0 Å². The summed E-state index contributed by atoms with van der Waals surface area (Å²) in [6.45, 7) is 1.06. The average molecular weight is 291 g/mol. The maximum Gasteiger partial charge on any atom is 0.445 e. The summed E-state index contributed by atoms with van der Waals surface area (Å²) >= 11 is 0. The Labute approximate surface area is 109 Å². The van der Waals surface area contributed by atoms with Crippen LogP contribution >= 0.6 is 0 Å². The van der Waals surface area contributed by atoms with E-state index >= 15 is 0 Å². The van der Waals surface area contributed by atoms with Crippen molar-refractivity contribution in [3.05, 3.63) is 29.3 Å². The molecule has 0 saturated carbocycles. The first-order valence-corrected chi connectivity index (χ1v) is 5.22. The van der Waals surface area contributed by atoms with Gasteiger partial charge >= 0.3 is 12.3 Å². The van der Waals surface area contributed by atoms with Gasteiger partial charge in [-0.25, -0.2) is 13.6 Å². The molecule has 1 aliphatic heterocycles. The summed E-state index contributed by atoms with van der Waals surface area (Å²) in [5.41, 5.74) is -5.27. The van der Waals surface area contributed by atoms with Gasteiger partial charge in [-0.2, -0.15) is 13.2 Å². The topological polar surface area (TPSA) is 38.3 Å². The highest BCUT2D eigenvalue weighted by Gasteiger charge is 2.63. The number of ether oxygens (including phenoxy) is 1. The Morgan fingerprint density at radius 2 is 1.95 bits per heavy atom. The number of halogens is 5. The summed E-state index contributed by atoms with van der Waals surface area (Å²) in [6.07, 6.45) is -6.69. The molecule has 0 saturated heterocycles. The standard InChI is InChI=1S/C12H6F5NO2/c1-2-5-11(12(15,16)17)8-7(18-10(19)20-11)4-3-6(13)9(8)14/h3-4H,1H3,(H,18,19). The minimum absolute atomic E-state index is 0.541. The lowest BCUT2D eigenvalue weighted by atomic mass is 9.89. The number of alkyl halides is 3. The third kappa shape index (κ3) is 1.86. The Morgan fingerprint density at radius 1 is 1.30 bits per heavy atom. The zero-order valence-electron chi connectivity index (χ0n) is 9.86. The number of anilines is 1. The largest absolute Gasteiger partial charge is 0.445 e. The molecule has 8 heteroatoms. The molecule has 2 rings (SSSR count). The number of fused-ring (bicyclic) bond motifs is 1. The molecule has 1 aromatic carbocycles. The number of cyclic esters (lactones) is 1. The van der Waals surface area contributed by atoms with Crippen LogP contribution in [-0.4, -0.2) is 12.3 Å². The van der Waals surface area contributed by atoms with Crippen molar-refractivity contribution in [3.8, 4) is 11.8 Å². The number of rotatable bonds is 0. The van der Waals surface area contributed by atoms with Crippen molar-refractivity contribution in [2.45, 2.75) is 18.7 Å². The Kier molecular flexibility index (Phi) is 3.08.